The molecule has 0 bridgehead atoms. The quantitative estimate of drug-likeness (QED) is 0.379. The second kappa shape index (κ2) is 10.7. The third kappa shape index (κ3) is 6.52. The molecule has 4 rings (SSSR count). The average molecular weight is 552 g/mol. The monoisotopic (exact) mass is 551 g/mol. The molecule has 0 saturated carbocycles. The van der Waals surface area contributed by atoms with Gasteiger partial charge in [-0.25, -0.2) is 15.0 Å². The van der Waals surface area contributed by atoms with Crippen LogP contribution in [0.1, 0.15) is 103 Å². The summed E-state index contributed by atoms with van der Waals surface area (Å²) in [6, 6.07) is 2.02. The van der Waals surface area contributed by atoms with Crippen LogP contribution >= 0.6 is 11.3 Å². The van der Waals surface area contributed by atoms with Gasteiger partial charge in [-0.3, -0.25) is 9.88 Å². The van der Waals surface area contributed by atoms with Crippen LogP contribution in [0.3, 0.4) is 0 Å². The molecular formula is C30H45N7OS. The van der Waals surface area contributed by atoms with Crippen LogP contribution in [0.15, 0.2) is 18.5 Å². The van der Waals surface area contributed by atoms with Crippen molar-refractivity contribution in [3.05, 3.63) is 40.3 Å². The molecule has 0 aliphatic carbocycles. The highest BCUT2D eigenvalue weighted by Crippen LogP contribution is 2.40. The van der Waals surface area contributed by atoms with E-state index in [9.17, 15) is 0 Å². The molecule has 0 amide bonds. The molecule has 0 spiro atoms. The van der Waals surface area contributed by atoms with Crippen molar-refractivity contribution in [2.24, 2.45) is 0 Å². The number of pyridine rings is 1. The number of anilines is 2. The highest BCUT2D eigenvalue weighted by molar-refractivity contribution is 7.15. The Kier molecular flexibility index (Phi) is 7.98. The lowest BCUT2D eigenvalue weighted by Crippen LogP contribution is -2.45. The van der Waals surface area contributed by atoms with E-state index >= 15 is 0 Å². The fourth-order valence-corrected chi connectivity index (χ4v) is 6.38. The molecule has 8 nitrogen and oxygen atoms in total. The van der Waals surface area contributed by atoms with E-state index in [1.807, 2.05) is 12.3 Å². The van der Waals surface area contributed by atoms with Crippen molar-refractivity contribution in [1.29, 1.82) is 0 Å². The first-order valence-electron chi connectivity index (χ1n) is 13.8. The fourth-order valence-electron chi connectivity index (χ4n) is 5.28. The summed E-state index contributed by atoms with van der Waals surface area (Å²) in [6.45, 7) is 22.4. The lowest BCUT2D eigenvalue weighted by Gasteiger charge is -2.40. The number of nitrogens with zero attached hydrogens (tertiary/aromatic N) is 5. The minimum absolute atomic E-state index is 0.0951. The second-order valence-corrected chi connectivity index (χ2v) is 14.7. The normalized spacial score (nSPS) is 16.0. The summed E-state index contributed by atoms with van der Waals surface area (Å²) in [5.41, 5.74) is 16.5. The highest BCUT2D eigenvalue weighted by Gasteiger charge is 2.31. The minimum atomic E-state index is -0.106. The largest absolute Gasteiger partial charge is 0.470 e. The van der Waals surface area contributed by atoms with Gasteiger partial charge in [-0.2, -0.15) is 0 Å². The van der Waals surface area contributed by atoms with E-state index in [2.05, 4.69) is 72.2 Å². The van der Waals surface area contributed by atoms with Crippen LogP contribution in [0.4, 0.5) is 11.6 Å². The van der Waals surface area contributed by atoms with Gasteiger partial charge in [0.2, 0.25) is 0 Å². The lowest BCUT2D eigenvalue weighted by atomic mass is 9.76. The molecule has 0 unspecified atom stereocenters. The molecule has 1 aliphatic rings. The number of hydrogen-bond acceptors (Lipinski definition) is 9. The van der Waals surface area contributed by atoms with Crippen molar-refractivity contribution in [2.45, 2.75) is 104 Å². The van der Waals surface area contributed by atoms with Gasteiger partial charge in [-0.15, -0.1) is 11.3 Å². The number of rotatable bonds is 5. The molecule has 0 atom stereocenters. The molecular weight excluding hydrogens is 506 g/mol. The topological polar surface area (TPSA) is 116 Å². The predicted octanol–water partition coefficient (Wildman–Crippen LogP) is 6.31. The summed E-state index contributed by atoms with van der Waals surface area (Å²) in [6.07, 6.45) is 5.66. The number of thiazole rings is 1. The molecule has 4 N–H and O–H groups in total. The van der Waals surface area contributed by atoms with Crippen LogP contribution in [0, 0.1) is 0 Å². The number of likely N-dealkylation sites (tertiary alicyclic amines) is 1. The third-order valence-electron chi connectivity index (χ3n) is 7.32. The smallest absolute Gasteiger partial charge is 0.258 e. The zero-order valence-corrected chi connectivity index (χ0v) is 25.9. The van der Waals surface area contributed by atoms with Gasteiger partial charge in [-0.05, 0) is 69.3 Å². The summed E-state index contributed by atoms with van der Waals surface area (Å²) in [5.74, 6) is 1.44. The SMILES string of the molecule is CC(C)(C)c1nccc(COc2nc(-c3sc(C4CCN(C(C)(C)C)CC4)nc3N)cnc2N)c1C(C)(C)C. The van der Waals surface area contributed by atoms with Crippen molar-refractivity contribution >= 4 is 23.0 Å². The van der Waals surface area contributed by atoms with Crippen LogP contribution in [0.5, 0.6) is 5.88 Å². The average Bonchev–Trinajstić information content (AvgIpc) is 3.23. The van der Waals surface area contributed by atoms with Crippen LogP contribution in [0.2, 0.25) is 0 Å². The zero-order valence-electron chi connectivity index (χ0n) is 25.1. The van der Waals surface area contributed by atoms with E-state index in [1.165, 1.54) is 5.56 Å². The maximum atomic E-state index is 6.40. The number of nitrogen functional groups attached to an aromatic ring is 2. The third-order valence-corrected chi connectivity index (χ3v) is 8.58. The van der Waals surface area contributed by atoms with E-state index < -0.39 is 0 Å². The molecule has 212 valence electrons. The van der Waals surface area contributed by atoms with E-state index in [4.69, 9.17) is 31.2 Å². The summed E-state index contributed by atoms with van der Waals surface area (Å²) in [7, 11) is 0. The van der Waals surface area contributed by atoms with Crippen molar-refractivity contribution < 1.29 is 4.74 Å². The molecule has 0 radical (unpaired) electrons. The fraction of sp³-hybridized carbons (Fsp3) is 0.600. The Morgan fingerprint density at radius 3 is 2.18 bits per heavy atom. The Hall–Kier alpha value is -2.78. The first-order valence-corrected chi connectivity index (χ1v) is 14.6. The van der Waals surface area contributed by atoms with Crippen molar-refractivity contribution in [2.75, 3.05) is 24.6 Å². The van der Waals surface area contributed by atoms with Crippen LogP contribution in [-0.4, -0.2) is 43.5 Å². The Morgan fingerprint density at radius 1 is 0.923 bits per heavy atom. The maximum Gasteiger partial charge on any atom is 0.258 e. The minimum Gasteiger partial charge on any atom is -0.470 e. The van der Waals surface area contributed by atoms with Crippen LogP contribution in [-0.2, 0) is 17.4 Å². The van der Waals surface area contributed by atoms with Crippen molar-refractivity contribution in [3.8, 4) is 16.5 Å². The first kappa shape index (κ1) is 29.2. The molecule has 39 heavy (non-hydrogen) atoms. The van der Waals surface area contributed by atoms with Crippen LogP contribution in [0.25, 0.3) is 10.6 Å². The summed E-state index contributed by atoms with van der Waals surface area (Å²) < 4.78 is 6.21. The standard InChI is InChI=1S/C30H45N7OS/c1-28(2,3)21-19(10-13-33-23(21)29(4,5)6)17-38-26-25(32)34-16-20(35-26)22-24(31)36-27(39-22)18-11-14-37(15-12-18)30(7,8)9/h10,13,16,18H,11-12,14-15,17,31H2,1-9H3,(H2,32,34). The molecule has 3 aromatic heterocycles. The van der Waals surface area contributed by atoms with Gasteiger partial charge in [0.25, 0.3) is 5.88 Å². The van der Waals surface area contributed by atoms with E-state index in [0.717, 1.165) is 47.1 Å². The van der Waals surface area contributed by atoms with Crippen molar-refractivity contribution in [1.82, 2.24) is 24.8 Å². The van der Waals surface area contributed by atoms with Crippen molar-refractivity contribution in [3.63, 3.8) is 0 Å². The van der Waals surface area contributed by atoms with Crippen LogP contribution < -0.4 is 16.2 Å². The second-order valence-electron chi connectivity index (χ2n) is 13.6. The summed E-state index contributed by atoms with van der Waals surface area (Å²) >= 11 is 1.61. The Morgan fingerprint density at radius 2 is 1.59 bits per heavy atom. The van der Waals surface area contributed by atoms with Gasteiger partial charge in [0, 0.05) is 28.8 Å². The van der Waals surface area contributed by atoms with Gasteiger partial charge in [-0.1, -0.05) is 41.5 Å². The van der Waals surface area contributed by atoms with E-state index in [1.54, 1.807) is 17.5 Å². The summed E-state index contributed by atoms with van der Waals surface area (Å²) in [4.78, 5) is 22.0. The van der Waals surface area contributed by atoms with Gasteiger partial charge in [0.15, 0.2) is 5.82 Å². The molecule has 9 heteroatoms. The van der Waals surface area contributed by atoms with Gasteiger partial charge < -0.3 is 16.2 Å². The molecule has 1 aliphatic heterocycles. The molecule has 1 fully saturated rings. The molecule has 3 aromatic rings. The molecule has 0 aromatic carbocycles. The van der Waals surface area contributed by atoms with Gasteiger partial charge in [0.1, 0.15) is 18.1 Å². The Bertz CT molecular complexity index is 1310. The number of ether oxygens (including phenoxy) is 1. The van der Waals surface area contributed by atoms with Gasteiger partial charge >= 0.3 is 0 Å². The lowest BCUT2D eigenvalue weighted by molar-refractivity contribution is 0.102. The Labute approximate surface area is 237 Å². The van der Waals surface area contributed by atoms with E-state index in [0.29, 0.717) is 29.9 Å². The number of nitrogens with two attached hydrogens (primary N) is 2. The Balaban J connectivity index is 1.56. The number of hydrogen-bond donors (Lipinski definition) is 2. The molecule has 1 saturated heterocycles. The molecule has 4 heterocycles. The first-order chi connectivity index (χ1) is 18.1. The number of aromatic nitrogens is 4. The maximum absolute atomic E-state index is 6.40. The van der Waals surface area contributed by atoms with E-state index in [-0.39, 0.29) is 22.2 Å². The van der Waals surface area contributed by atoms with Gasteiger partial charge in [0.05, 0.1) is 16.1 Å². The highest BCUT2D eigenvalue weighted by atomic mass is 32.1. The number of piperidine rings is 1. The predicted molar refractivity (Wildman–Crippen MR) is 161 cm³/mol. The zero-order chi connectivity index (χ0) is 28.8. The summed E-state index contributed by atoms with van der Waals surface area (Å²) in [5, 5.41) is 1.07.